The molecule has 1 atom stereocenters. The van der Waals surface area contributed by atoms with Gasteiger partial charge in [0.25, 0.3) is 0 Å². The summed E-state index contributed by atoms with van der Waals surface area (Å²) in [4.78, 5) is 31.9. The maximum Gasteiger partial charge on any atom is 0.341 e. The Morgan fingerprint density at radius 2 is 1.83 bits per heavy atom. The fourth-order valence-corrected chi connectivity index (χ4v) is 3.77. The molecule has 0 aromatic heterocycles. The first-order valence-corrected chi connectivity index (χ1v) is 10.6. The highest BCUT2D eigenvalue weighted by molar-refractivity contribution is 6.11. The second-order valence-corrected chi connectivity index (χ2v) is 8.90. The number of carbonyl (C=O) groups is 2. The number of nitrogens with two attached hydrogens (primary N) is 1. The van der Waals surface area contributed by atoms with Crippen LogP contribution >= 0.6 is 0 Å². The summed E-state index contributed by atoms with van der Waals surface area (Å²) < 4.78 is 5.57. The van der Waals surface area contributed by atoms with Crippen molar-refractivity contribution < 1.29 is 14.3 Å². The number of benzene rings is 1. The number of amides is 3. The largest absolute Gasteiger partial charge is 0.398 e. The number of rotatable bonds is 3. The summed E-state index contributed by atoms with van der Waals surface area (Å²) in [5.41, 5.74) is 8.70. The SMILES string of the molecule is CC(C)(C)C(NC(=O)N=C1CCOCC1=C(N)c1ccccc1)C(=O)N1CCCC1. The monoisotopic (exact) mass is 412 g/mol. The predicted molar refractivity (Wildman–Crippen MR) is 118 cm³/mol. The second-order valence-electron chi connectivity index (χ2n) is 8.90. The van der Waals surface area contributed by atoms with Gasteiger partial charge in [-0.25, -0.2) is 4.79 Å². The van der Waals surface area contributed by atoms with Crippen LogP contribution in [0.3, 0.4) is 0 Å². The van der Waals surface area contributed by atoms with E-state index in [0.29, 0.717) is 31.0 Å². The van der Waals surface area contributed by atoms with Gasteiger partial charge in [0.15, 0.2) is 0 Å². The van der Waals surface area contributed by atoms with Gasteiger partial charge in [-0.3, -0.25) is 4.79 Å². The summed E-state index contributed by atoms with van der Waals surface area (Å²) in [5.74, 6) is -0.0416. The van der Waals surface area contributed by atoms with Crippen LogP contribution in [0.1, 0.15) is 45.6 Å². The first-order valence-electron chi connectivity index (χ1n) is 10.6. The van der Waals surface area contributed by atoms with Crippen LogP contribution in [0.25, 0.3) is 5.70 Å². The van der Waals surface area contributed by atoms with E-state index in [0.717, 1.165) is 37.1 Å². The third kappa shape index (κ3) is 5.27. The number of carbonyl (C=O) groups excluding carboxylic acids is 2. The van der Waals surface area contributed by atoms with Crippen molar-refractivity contribution in [2.45, 2.75) is 46.1 Å². The standard InChI is InChI=1S/C23H32N4O3/c1-23(2,3)20(21(28)27-12-7-8-13-27)26-22(29)25-18-11-14-30-15-17(18)19(24)16-9-5-4-6-10-16/h4-6,9-10,20H,7-8,11-15,24H2,1-3H3,(H,26,29). The van der Waals surface area contributed by atoms with Crippen LogP contribution in [0.5, 0.6) is 0 Å². The molecule has 2 saturated heterocycles. The Morgan fingerprint density at radius 1 is 1.17 bits per heavy atom. The second kappa shape index (κ2) is 9.43. The molecule has 0 saturated carbocycles. The van der Waals surface area contributed by atoms with Crippen LogP contribution < -0.4 is 11.1 Å². The summed E-state index contributed by atoms with van der Waals surface area (Å²) in [6.45, 7) is 8.13. The van der Waals surface area contributed by atoms with E-state index in [9.17, 15) is 9.59 Å². The third-order valence-electron chi connectivity index (χ3n) is 5.52. The van der Waals surface area contributed by atoms with Gasteiger partial charge in [0, 0.05) is 30.8 Å². The number of ether oxygens (including phenoxy) is 1. The van der Waals surface area contributed by atoms with Gasteiger partial charge in [0.1, 0.15) is 6.04 Å². The third-order valence-corrected chi connectivity index (χ3v) is 5.52. The van der Waals surface area contributed by atoms with Crippen molar-refractivity contribution in [3.05, 3.63) is 41.5 Å². The van der Waals surface area contributed by atoms with Crippen molar-refractivity contribution in [3.8, 4) is 0 Å². The molecule has 162 valence electrons. The molecule has 1 unspecified atom stereocenters. The van der Waals surface area contributed by atoms with E-state index in [4.69, 9.17) is 10.5 Å². The van der Waals surface area contributed by atoms with Crippen molar-refractivity contribution in [3.63, 3.8) is 0 Å². The van der Waals surface area contributed by atoms with E-state index >= 15 is 0 Å². The molecule has 2 aliphatic rings. The van der Waals surface area contributed by atoms with Crippen LogP contribution in [-0.4, -0.2) is 54.9 Å². The molecule has 2 heterocycles. The lowest BCUT2D eigenvalue weighted by molar-refractivity contribution is -0.134. The topological polar surface area (TPSA) is 97.0 Å². The number of nitrogens with zero attached hydrogens (tertiary/aromatic N) is 2. The molecule has 3 amide bonds. The zero-order chi connectivity index (χ0) is 21.7. The minimum absolute atomic E-state index is 0.0416. The molecule has 0 spiro atoms. The minimum Gasteiger partial charge on any atom is -0.398 e. The molecule has 0 bridgehead atoms. The zero-order valence-electron chi connectivity index (χ0n) is 18.1. The Labute approximate surface area is 178 Å². The number of nitrogens with one attached hydrogen (secondary N) is 1. The van der Waals surface area contributed by atoms with E-state index in [-0.39, 0.29) is 5.91 Å². The van der Waals surface area contributed by atoms with E-state index in [1.165, 1.54) is 0 Å². The smallest absolute Gasteiger partial charge is 0.341 e. The predicted octanol–water partition coefficient (Wildman–Crippen LogP) is 2.96. The maximum absolute atomic E-state index is 13.0. The van der Waals surface area contributed by atoms with Crippen molar-refractivity contribution >= 4 is 23.3 Å². The van der Waals surface area contributed by atoms with Gasteiger partial charge < -0.3 is 20.7 Å². The summed E-state index contributed by atoms with van der Waals surface area (Å²) in [6, 6.07) is 8.43. The zero-order valence-corrected chi connectivity index (χ0v) is 18.1. The van der Waals surface area contributed by atoms with E-state index in [2.05, 4.69) is 10.3 Å². The van der Waals surface area contributed by atoms with Gasteiger partial charge in [-0.05, 0) is 23.8 Å². The van der Waals surface area contributed by atoms with Crippen molar-refractivity contribution in [2.75, 3.05) is 26.3 Å². The highest BCUT2D eigenvalue weighted by Crippen LogP contribution is 2.24. The molecule has 1 aromatic rings. The molecule has 2 fully saturated rings. The number of urea groups is 1. The van der Waals surface area contributed by atoms with Gasteiger partial charge in [0.05, 0.1) is 18.9 Å². The molecular weight excluding hydrogens is 380 g/mol. The van der Waals surface area contributed by atoms with E-state index in [1.807, 2.05) is 56.0 Å². The summed E-state index contributed by atoms with van der Waals surface area (Å²) in [6.07, 6.45) is 2.51. The number of hydrogen-bond acceptors (Lipinski definition) is 4. The Hall–Kier alpha value is -2.67. The van der Waals surface area contributed by atoms with Crippen molar-refractivity contribution in [1.82, 2.24) is 10.2 Å². The fourth-order valence-electron chi connectivity index (χ4n) is 3.77. The quantitative estimate of drug-likeness (QED) is 0.798. The molecule has 3 N–H and O–H groups in total. The molecule has 7 heteroatoms. The Balaban J connectivity index is 1.82. The molecule has 30 heavy (non-hydrogen) atoms. The Morgan fingerprint density at radius 3 is 2.47 bits per heavy atom. The van der Waals surface area contributed by atoms with Crippen LogP contribution in [-0.2, 0) is 9.53 Å². The molecule has 2 aliphatic heterocycles. The average Bonchev–Trinajstić information content (AvgIpc) is 3.26. The molecule has 7 nitrogen and oxygen atoms in total. The lowest BCUT2D eigenvalue weighted by Gasteiger charge is -2.33. The number of aliphatic imine (C=N–C) groups is 1. The lowest BCUT2D eigenvalue weighted by Crippen LogP contribution is -2.53. The van der Waals surface area contributed by atoms with Gasteiger partial charge in [0.2, 0.25) is 5.91 Å². The van der Waals surface area contributed by atoms with Crippen LogP contribution in [0, 0.1) is 5.41 Å². The Kier molecular flexibility index (Phi) is 6.92. The van der Waals surface area contributed by atoms with E-state index in [1.54, 1.807) is 0 Å². The Bertz CT molecular complexity index is 834. The average molecular weight is 413 g/mol. The summed E-state index contributed by atoms with van der Waals surface area (Å²) >= 11 is 0. The van der Waals surface area contributed by atoms with Gasteiger partial charge in [-0.1, -0.05) is 51.1 Å². The molecule has 3 rings (SSSR count). The molecule has 0 radical (unpaired) electrons. The van der Waals surface area contributed by atoms with Crippen LogP contribution in [0.15, 0.2) is 40.9 Å². The highest BCUT2D eigenvalue weighted by Gasteiger charge is 2.36. The minimum atomic E-state index is -0.633. The lowest BCUT2D eigenvalue weighted by atomic mass is 9.86. The normalized spacial score (nSPS) is 21.4. The first-order chi connectivity index (χ1) is 14.3. The van der Waals surface area contributed by atoms with Gasteiger partial charge >= 0.3 is 6.03 Å². The molecule has 1 aromatic carbocycles. The summed E-state index contributed by atoms with van der Waals surface area (Å²) in [5, 5.41) is 2.86. The van der Waals surface area contributed by atoms with Crippen molar-refractivity contribution in [1.29, 1.82) is 0 Å². The van der Waals surface area contributed by atoms with Crippen molar-refractivity contribution in [2.24, 2.45) is 16.1 Å². The number of likely N-dealkylation sites (tertiary alicyclic amines) is 1. The van der Waals surface area contributed by atoms with Gasteiger partial charge in [-0.15, -0.1) is 0 Å². The number of hydrogen-bond donors (Lipinski definition) is 2. The van der Waals surface area contributed by atoms with E-state index < -0.39 is 17.5 Å². The molecular formula is C23H32N4O3. The summed E-state index contributed by atoms with van der Waals surface area (Å²) in [7, 11) is 0. The first kappa shape index (κ1) is 22.0. The van der Waals surface area contributed by atoms with Crippen LogP contribution in [0.4, 0.5) is 4.79 Å². The highest BCUT2D eigenvalue weighted by atomic mass is 16.5. The maximum atomic E-state index is 13.0. The van der Waals surface area contributed by atoms with Crippen LogP contribution in [0.2, 0.25) is 0 Å². The van der Waals surface area contributed by atoms with Gasteiger partial charge in [-0.2, -0.15) is 4.99 Å². The molecule has 0 aliphatic carbocycles. The fraction of sp³-hybridized carbons (Fsp3) is 0.522.